The molecule has 2 aliphatic carbocycles. The number of amides is 2. The molecule has 3 N–H and O–H groups in total. The van der Waals surface area contributed by atoms with Crippen molar-refractivity contribution in [2.75, 3.05) is 6.61 Å². The zero-order valence-electron chi connectivity index (χ0n) is 10.5. The van der Waals surface area contributed by atoms with Crippen molar-refractivity contribution < 1.29 is 9.90 Å². The average Bonchev–Trinajstić information content (AvgIpc) is 2.82. The van der Waals surface area contributed by atoms with Gasteiger partial charge in [-0.15, -0.1) is 0 Å². The molecule has 2 saturated carbocycles. The molecule has 0 heterocycles. The topological polar surface area (TPSA) is 61.4 Å². The molecule has 0 saturated heterocycles. The maximum absolute atomic E-state index is 11.8. The Morgan fingerprint density at radius 3 is 2.35 bits per heavy atom. The van der Waals surface area contributed by atoms with Gasteiger partial charge in [0.1, 0.15) is 0 Å². The van der Waals surface area contributed by atoms with Gasteiger partial charge in [0.2, 0.25) is 0 Å². The summed E-state index contributed by atoms with van der Waals surface area (Å²) in [6.45, 7) is 0.189. The van der Waals surface area contributed by atoms with Gasteiger partial charge in [0, 0.05) is 24.6 Å². The normalized spacial score (nSPS) is 30.2. The van der Waals surface area contributed by atoms with E-state index in [0.717, 1.165) is 32.1 Å². The van der Waals surface area contributed by atoms with Gasteiger partial charge in [0.25, 0.3) is 0 Å². The molecular weight excluding hydrogens is 216 g/mol. The van der Waals surface area contributed by atoms with Crippen molar-refractivity contribution in [3.8, 4) is 0 Å². The van der Waals surface area contributed by atoms with E-state index in [4.69, 9.17) is 0 Å². The first-order chi connectivity index (χ1) is 8.29. The Bertz CT molecular complexity index is 252. The van der Waals surface area contributed by atoms with Crippen LogP contribution in [-0.2, 0) is 0 Å². The van der Waals surface area contributed by atoms with Crippen LogP contribution in [0.25, 0.3) is 0 Å². The van der Waals surface area contributed by atoms with Crippen molar-refractivity contribution in [2.24, 2.45) is 5.92 Å². The van der Waals surface area contributed by atoms with E-state index >= 15 is 0 Å². The first-order valence-corrected chi connectivity index (χ1v) is 6.97. The number of nitrogens with one attached hydrogen (secondary N) is 2. The van der Waals surface area contributed by atoms with Gasteiger partial charge >= 0.3 is 6.03 Å². The molecule has 4 heteroatoms. The van der Waals surface area contributed by atoms with Gasteiger partial charge in [-0.3, -0.25) is 0 Å². The summed E-state index contributed by atoms with van der Waals surface area (Å²) >= 11 is 0. The van der Waals surface area contributed by atoms with E-state index in [-0.39, 0.29) is 24.6 Å². The second kappa shape index (κ2) is 6.24. The lowest BCUT2D eigenvalue weighted by Gasteiger charge is -2.31. The van der Waals surface area contributed by atoms with E-state index < -0.39 is 0 Å². The molecule has 2 aliphatic rings. The van der Waals surface area contributed by atoms with Gasteiger partial charge in [0.05, 0.1) is 0 Å². The summed E-state index contributed by atoms with van der Waals surface area (Å²) in [5.41, 5.74) is 0. The van der Waals surface area contributed by atoms with Crippen molar-refractivity contribution in [3.05, 3.63) is 0 Å². The summed E-state index contributed by atoms with van der Waals surface area (Å²) in [5, 5.41) is 15.4. The van der Waals surface area contributed by atoms with Crippen LogP contribution >= 0.6 is 0 Å². The molecule has 0 aliphatic heterocycles. The fourth-order valence-electron chi connectivity index (χ4n) is 3.08. The van der Waals surface area contributed by atoms with Crippen LogP contribution in [0.4, 0.5) is 4.79 Å². The predicted molar refractivity (Wildman–Crippen MR) is 66.8 cm³/mol. The first-order valence-electron chi connectivity index (χ1n) is 6.97. The standard InChI is InChI=1S/C13H24N2O2/c16-9-10-5-1-4-8-12(10)15-13(17)14-11-6-2-3-7-11/h10-12,16H,1-9H2,(H2,14,15,17). The van der Waals surface area contributed by atoms with E-state index in [1.807, 2.05) is 0 Å². The highest BCUT2D eigenvalue weighted by Crippen LogP contribution is 2.24. The first kappa shape index (κ1) is 12.7. The van der Waals surface area contributed by atoms with Crippen molar-refractivity contribution in [1.82, 2.24) is 10.6 Å². The lowest BCUT2D eigenvalue weighted by molar-refractivity contribution is 0.153. The minimum Gasteiger partial charge on any atom is -0.396 e. The fourth-order valence-corrected chi connectivity index (χ4v) is 3.08. The van der Waals surface area contributed by atoms with E-state index in [0.29, 0.717) is 6.04 Å². The Morgan fingerprint density at radius 1 is 1.00 bits per heavy atom. The molecule has 2 amide bonds. The van der Waals surface area contributed by atoms with Crippen LogP contribution in [0, 0.1) is 5.92 Å². The van der Waals surface area contributed by atoms with Gasteiger partial charge in [-0.2, -0.15) is 0 Å². The van der Waals surface area contributed by atoms with Gasteiger partial charge in [-0.25, -0.2) is 4.79 Å². The van der Waals surface area contributed by atoms with Crippen LogP contribution in [0.5, 0.6) is 0 Å². The lowest BCUT2D eigenvalue weighted by Crippen LogP contribution is -2.49. The molecule has 2 rings (SSSR count). The summed E-state index contributed by atoms with van der Waals surface area (Å²) < 4.78 is 0. The highest BCUT2D eigenvalue weighted by atomic mass is 16.3. The molecule has 0 aromatic rings. The number of aliphatic hydroxyl groups is 1. The van der Waals surface area contributed by atoms with Crippen LogP contribution in [0.3, 0.4) is 0 Å². The smallest absolute Gasteiger partial charge is 0.315 e. The molecule has 98 valence electrons. The molecule has 2 atom stereocenters. The second-order valence-corrected chi connectivity index (χ2v) is 5.43. The summed E-state index contributed by atoms with van der Waals surface area (Å²) in [6, 6.07) is 0.489. The van der Waals surface area contributed by atoms with Crippen molar-refractivity contribution >= 4 is 6.03 Å². The second-order valence-electron chi connectivity index (χ2n) is 5.43. The third-order valence-corrected chi connectivity index (χ3v) is 4.15. The Kier molecular flexibility index (Phi) is 4.66. The summed E-state index contributed by atoms with van der Waals surface area (Å²) in [4.78, 5) is 11.8. The number of urea groups is 1. The largest absolute Gasteiger partial charge is 0.396 e. The quantitative estimate of drug-likeness (QED) is 0.704. The van der Waals surface area contributed by atoms with E-state index in [9.17, 15) is 9.90 Å². The molecule has 0 bridgehead atoms. The van der Waals surface area contributed by atoms with E-state index in [1.54, 1.807) is 0 Å². The molecule has 2 fully saturated rings. The molecule has 4 nitrogen and oxygen atoms in total. The summed E-state index contributed by atoms with van der Waals surface area (Å²) in [5.74, 6) is 0.248. The van der Waals surface area contributed by atoms with Gasteiger partial charge in [-0.05, 0) is 25.7 Å². The zero-order valence-corrected chi connectivity index (χ0v) is 10.5. The van der Waals surface area contributed by atoms with Crippen molar-refractivity contribution in [2.45, 2.75) is 63.5 Å². The fraction of sp³-hybridized carbons (Fsp3) is 0.923. The minimum atomic E-state index is -0.0396. The monoisotopic (exact) mass is 240 g/mol. The molecule has 0 radical (unpaired) electrons. The van der Waals surface area contributed by atoms with Crippen molar-refractivity contribution in [1.29, 1.82) is 0 Å². The highest BCUT2D eigenvalue weighted by Gasteiger charge is 2.26. The third kappa shape index (κ3) is 3.60. The summed E-state index contributed by atoms with van der Waals surface area (Å²) in [7, 11) is 0. The number of rotatable bonds is 3. The zero-order chi connectivity index (χ0) is 12.1. The third-order valence-electron chi connectivity index (χ3n) is 4.15. The number of carbonyl (C=O) groups is 1. The Balaban J connectivity index is 1.75. The molecule has 0 aromatic carbocycles. The van der Waals surface area contributed by atoms with E-state index in [2.05, 4.69) is 10.6 Å². The van der Waals surface area contributed by atoms with Gasteiger partial charge < -0.3 is 15.7 Å². The minimum absolute atomic E-state index is 0.0396. The number of aliphatic hydroxyl groups excluding tert-OH is 1. The number of hydrogen-bond donors (Lipinski definition) is 3. The number of hydrogen-bond acceptors (Lipinski definition) is 2. The molecule has 0 spiro atoms. The maximum atomic E-state index is 11.8. The van der Waals surface area contributed by atoms with Crippen LogP contribution in [-0.4, -0.2) is 29.8 Å². The van der Waals surface area contributed by atoms with Crippen LogP contribution in [0.15, 0.2) is 0 Å². The average molecular weight is 240 g/mol. The molecular formula is C13H24N2O2. The van der Waals surface area contributed by atoms with Gasteiger partial charge in [0.15, 0.2) is 0 Å². The van der Waals surface area contributed by atoms with Crippen molar-refractivity contribution in [3.63, 3.8) is 0 Å². The maximum Gasteiger partial charge on any atom is 0.315 e. The van der Waals surface area contributed by atoms with Crippen LogP contribution < -0.4 is 10.6 Å². The Hall–Kier alpha value is -0.770. The SMILES string of the molecule is O=C(NC1CCCC1)NC1CCCCC1CO. The van der Waals surface area contributed by atoms with E-state index in [1.165, 1.54) is 19.3 Å². The Morgan fingerprint density at radius 2 is 1.65 bits per heavy atom. The molecule has 2 unspecified atom stereocenters. The lowest BCUT2D eigenvalue weighted by atomic mass is 9.85. The predicted octanol–water partition coefficient (Wildman–Crippen LogP) is 1.78. The van der Waals surface area contributed by atoms with Crippen LogP contribution in [0.2, 0.25) is 0 Å². The molecule has 0 aromatic heterocycles. The molecule has 17 heavy (non-hydrogen) atoms. The van der Waals surface area contributed by atoms with Crippen LogP contribution in [0.1, 0.15) is 51.4 Å². The Labute approximate surface area is 103 Å². The van der Waals surface area contributed by atoms with Gasteiger partial charge in [-0.1, -0.05) is 25.7 Å². The number of carbonyl (C=O) groups excluding carboxylic acids is 1. The highest BCUT2D eigenvalue weighted by molar-refractivity contribution is 5.74. The summed E-state index contributed by atoms with van der Waals surface area (Å²) in [6.07, 6.45) is 9.05.